The van der Waals surface area contributed by atoms with E-state index in [4.69, 9.17) is 34.7 Å². The zero-order valence-corrected chi connectivity index (χ0v) is 19.4. The Labute approximate surface area is 201 Å². The SMILES string of the molecule is Nc1cc(N2CCC3(CC2)Cc2ncccc2[C@H]3N)n2cnnc2c1-c1cccc(Cl)c1Cl. The molecule has 1 spiro atoms. The second-order valence-electron chi connectivity index (χ2n) is 9.00. The fraction of sp³-hybridized carbons (Fsp3) is 0.292. The summed E-state index contributed by atoms with van der Waals surface area (Å²) in [6, 6.07) is 11.6. The highest BCUT2D eigenvalue weighted by Crippen LogP contribution is 2.50. The van der Waals surface area contributed by atoms with Gasteiger partial charge in [0.05, 0.1) is 15.6 Å². The Kier molecular flexibility index (Phi) is 4.76. The Balaban J connectivity index is 1.34. The molecular weight excluding hydrogens is 457 g/mol. The Bertz CT molecular complexity index is 1370. The summed E-state index contributed by atoms with van der Waals surface area (Å²) in [5.74, 6) is 0.964. The van der Waals surface area contributed by atoms with E-state index in [0.29, 0.717) is 21.4 Å². The molecule has 7 nitrogen and oxygen atoms in total. The largest absolute Gasteiger partial charge is 0.398 e. The summed E-state index contributed by atoms with van der Waals surface area (Å²) in [6.07, 6.45) is 6.48. The topological polar surface area (TPSA) is 98.4 Å². The van der Waals surface area contributed by atoms with Crippen molar-refractivity contribution in [3.8, 4) is 11.1 Å². The third kappa shape index (κ3) is 3.10. The van der Waals surface area contributed by atoms with Crippen LogP contribution in [0.2, 0.25) is 10.0 Å². The lowest BCUT2D eigenvalue weighted by Gasteiger charge is -2.43. The monoisotopic (exact) mass is 479 g/mol. The maximum atomic E-state index is 6.72. The standard InChI is InChI=1S/C24H23Cl2N7/c25-16-5-1-3-15(21(16)26)20-17(27)11-19(33-13-30-31-23(20)33)32-9-6-24(7-10-32)12-18-14(22(24)28)4-2-8-29-18/h1-5,8,11,13,22H,6-7,9-10,12,27-28H2/t22-/m1/s1. The molecule has 1 aliphatic heterocycles. The Hall–Kier alpha value is -2.87. The number of hydrogen-bond donors (Lipinski definition) is 2. The van der Waals surface area contributed by atoms with Gasteiger partial charge >= 0.3 is 0 Å². The van der Waals surface area contributed by atoms with Gasteiger partial charge in [-0.3, -0.25) is 9.38 Å². The minimum Gasteiger partial charge on any atom is -0.398 e. The molecule has 1 saturated heterocycles. The van der Waals surface area contributed by atoms with Crippen LogP contribution in [0.5, 0.6) is 0 Å². The lowest BCUT2D eigenvalue weighted by molar-refractivity contribution is 0.186. The van der Waals surface area contributed by atoms with Crippen molar-refractivity contribution >= 4 is 40.4 Å². The molecule has 1 aliphatic carbocycles. The maximum absolute atomic E-state index is 6.72. The molecule has 4 heterocycles. The van der Waals surface area contributed by atoms with Crippen LogP contribution in [0.1, 0.15) is 30.1 Å². The molecule has 4 aromatic rings. The first-order chi connectivity index (χ1) is 16.0. The number of benzene rings is 1. The van der Waals surface area contributed by atoms with Gasteiger partial charge in [0, 0.05) is 48.3 Å². The first-order valence-electron chi connectivity index (χ1n) is 11.0. The van der Waals surface area contributed by atoms with Gasteiger partial charge in [-0.2, -0.15) is 0 Å². The van der Waals surface area contributed by atoms with Gasteiger partial charge < -0.3 is 16.4 Å². The van der Waals surface area contributed by atoms with E-state index >= 15 is 0 Å². The van der Waals surface area contributed by atoms with Crippen LogP contribution in [-0.4, -0.2) is 32.7 Å². The summed E-state index contributed by atoms with van der Waals surface area (Å²) in [5.41, 5.74) is 18.4. The van der Waals surface area contributed by atoms with Gasteiger partial charge in [0.2, 0.25) is 0 Å². The zero-order valence-electron chi connectivity index (χ0n) is 17.9. The molecule has 0 amide bonds. The smallest absolute Gasteiger partial charge is 0.172 e. The molecule has 2 aliphatic rings. The van der Waals surface area contributed by atoms with E-state index in [2.05, 4.69) is 26.1 Å². The molecule has 1 aromatic carbocycles. The summed E-state index contributed by atoms with van der Waals surface area (Å²) in [7, 11) is 0. The number of fused-ring (bicyclic) bond motifs is 2. The van der Waals surface area contributed by atoms with Gasteiger partial charge in [-0.1, -0.05) is 41.4 Å². The third-order valence-corrected chi connectivity index (χ3v) is 8.15. The van der Waals surface area contributed by atoms with E-state index in [1.807, 2.05) is 34.9 Å². The van der Waals surface area contributed by atoms with Crippen LogP contribution in [0, 0.1) is 5.41 Å². The highest BCUT2D eigenvalue weighted by molar-refractivity contribution is 6.44. The number of nitrogen functional groups attached to an aromatic ring is 1. The summed E-state index contributed by atoms with van der Waals surface area (Å²) in [5, 5.41) is 9.46. The molecule has 0 unspecified atom stereocenters. The van der Waals surface area contributed by atoms with Crippen LogP contribution in [0.15, 0.2) is 48.9 Å². The number of nitrogens with zero attached hydrogens (tertiary/aromatic N) is 5. The van der Waals surface area contributed by atoms with Crippen molar-refractivity contribution in [2.24, 2.45) is 11.1 Å². The van der Waals surface area contributed by atoms with E-state index in [0.717, 1.165) is 55.0 Å². The predicted octanol–water partition coefficient (Wildman–Crippen LogP) is 4.52. The van der Waals surface area contributed by atoms with Gasteiger partial charge in [0.25, 0.3) is 0 Å². The highest BCUT2D eigenvalue weighted by Gasteiger charge is 2.46. The molecule has 0 bridgehead atoms. The van der Waals surface area contributed by atoms with Crippen LogP contribution in [0.4, 0.5) is 11.5 Å². The number of halogens is 2. The van der Waals surface area contributed by atoms with Gasteiger partial charge in [0.15, 0.2) is 5.65 Å². The predicted molar refractivity (Wildman–Crippen MR) is 132 cm³/mol. The second kappa shape index (κ2) is 7.58. The number of anilines is 2. The molecule has 1 atom stereocenters. The minimum atomic E-state index is 0.0238. The normalized spacial score (nSPS) is 19.4. The maximum Gasteiger partial charge on any atom is 0.172 e. The number of pyridine rings is 2. The fourth-order valence-electron chi connectivity index (χ4n) is 5.52. The number of hydrogen-bond acceptors (Lipinski definition) is 6. The van der Waals surface area contributed by atoms with Crippen LogP contribution in [0.3, 0.4) is 0 Å². The lowest BCUT2D eigenvalue weighted by Crippen LogP contribution is -2.44. The summed E-state index contributed by atoms with van der Waals surface area (Å²) >= 11 is 12.8. The third-order valence-electron chi connectivity index (χ3n) is 7.34. The second-order valence-corrected chi connectivity index (χ2v) is 9.79. The van der Waals surface area contributed by atoms with Crippen LogP contribution < -0.4 is 16.4 Å². The number of rotatable bonds is 2. The van der Waals surface area contributed by atoms with E-state index < -0.39 is 0 Å². The average Bonchev–Trinajstić information content (AvgIpc) is 3.40. The summed E-state index contributed by atoms with van der Waals surface area (Å²) < 4.78 is 1.98. The Morgan fingerprint density at radius 2 is 1.91 bits per heavy atom. The van der Waals surface area contributed by atoms with Gasteiger partial charge in [-0.25, -0.2) is 0 Å². The molecule has 1 fully saturated rings. The van der Waals surface area contributed by atoms with Crippen molar-refractivity contribution in [2.75, 3.05) is 23.7 Å². The van der Waals surface area contributed by atoms with Crippen molar-refractivity contribution < 1.29 is 0 Å². The highest BCUT2D eigenvalue weighted by atomic mass is 35.5. The van der Waals surface area contributed by atoms with Gasteiger partial charge in [-0.15, -0.1) is 10.2 Å². The van der Waals surface area contributed by atoms with E-state index in [-0.39, 0.29) is 11.5 Å². The van der Waals surface area contributed by atoms with Crippen molar-refractivity contribution in [1.82, 2.24) is 19.6 Å². The van der Waals surface area contributed by atoms with Gasteiger partial charge in [-0.05, 0) is 42.4 Å². The van der Waals surface area contributed by atoms with E-state index in [9.17, 15) is 0 Å². The summed E-state index contributed by atoms with van der Waals surface area (Å²) in [6.45, 7) is 1.73. The lowest BCUT2D eigenvalue weighted by atomic mass is 9.73. The average molecular weight is 480 g/mol. The van der Waals surface area contributed by atoms with Crippen molar-refractivity contribution in [1.29, 1.82) is 0 Å². The molecule has 0 radical (unpaired) electrons. The quantitative estimate of drug-likeness (QED) is 0.438. The molecule has 9 heteroatoms. The van der Waals surface area contributed by atoms with E-state index in [1.165, 1.54) is 5.56 Å². The molecule has 6 rings (SSSR count). The molecule has 0 saturated carbocycles. The molecule has 4 N–H and O–H groups in total. The van der Waals surface area contributed by atoms with Crippen LogP contribution in [0.25, 0.3) is 16.8 Å². The Morgan fingerprint density at radius 3 is 2.70 bits per heavy atom. The molecule has 33 heavy (non-hydrogen) atoms. The molecule has 168 valence electrons. The minimum absolute atomic E-state index is 0.0238. The van der Waals surface area contributed by atoms with Crippen LogP contribution in [-0.2, 0) is 6.42 Å². The number of piperidine rings is 1. The first kappa shape index (κ1) is 20.7. The zero-order chi connectivity index (χ0) is 22.7. The number of nitrogens with two attached hydrogens (primary N) is 2. The molecule has 3 aromatic heterocycles. The van der Waals surface area contributed by atoms with Crippen LogP contribution >= 0.6 is 23.2 Å². The Morgan fingerprint density at radius 1 is 1.09 bits per heavy atom. The van der Waals surface area contributed by atoms with E-state index in [1.54, 1.807) is 12.4 Å². The molecular formula is C24H23Cl2N7. The first-order valence-corrected chi connectivity index (χ1v) is 11.7. The van der Waals surface area contributed by atoms with Crippen molar-refractivity contribution in [3.63, 3.8) is 0 Å². The fourth-order valence-corrected chi connectivity index (χ4v) is 5.92. The van der Waals surface area contributed by atoms with Gasteiger partial charge in [0.1, 0.15) is 12.1 Å². The van der Waals surface area contributed by atoms with Crippen molar-refractivity contribution in [3.05, 3.63) is 70.2 Å². The van der Waals surface area contributed by atoms with Crippen molar-refractivity contribution in [2.45, 2.75) is 25.3 Å². The number of aromatic nitrogens is 4. The summed E-state index contributed by atoms with van der Waals surface area (Å²) in [4.78, 5) is 6.92.